The number of carbonyl (C=O) groups excluding carboxylic acids is 1. The number of hydrogen-bond donors (Lipinski definition) is 0. The number of halogens is 2. The highest BCUT2D eigenvalue weighted by molar-refractivity contribution is 6.89. The van der Waals surface area contributed by atoms with Crippen molar-refractivity contribution in [1.29, 1.82) is 0 Å². The lowest BCUT2D eigenvalue weighted by atomic mass is 10.1. The van der Waals surface area contributed by atoms with Gasteiger partial charge in [0.15, 0.2) is 5.78 Å². The molecule has 0 spiro atoms. The molecule has 0 amide bonds. The molecule has 0 unspecified atom stereocenters. The minimum atomic E-state index is -1.94. The van der Waals surface area contributed by atoms with Crippen LogP contribution in [0.25, 0.3) is 0 Å². The standard InChI is InChI=1S/C13H18ClFO2Si/c1-17-9-7-10(12(16)5-6-14)13(11(15)8-9)18(2,3)4/h7-8H,5-6H2,1-4H3. The molecule has 0 bridgehead atoms. The third-order valence-corrected chi connectivity index (χ3v) is 4.87. The summed E-state index contributed by atoms with van der Waals surface area (Å²) in [6.45, 7) is 6.03. The second-order valence-electron chi connectivity index (χ2n) is 5.14. The van der Waals surface area contributed by atoms with E-state index >= 15 is 0 Å². The lowest BCUT2D eigenvalue weighted by Crippen LogP contribution is -2.43. The highest BCUT2D eigenvalue weighted by Crippen LogP contribution is 2.20. The Morgan fingerprint density at radius 2 is 2.00 bits per heavy atom. The molecule has 2 nitrogen and oxygen atoms in total. The summed E-state index contributed by atoms with van der Waals surface area (Å²) < 4.78 is 19.2. The molecular formula is C13H18ClFO2Si. The summed E-state index contributed by atoms with van der Waals surface area (Å²) >= 11 is 5.59. The van der Waals surface area contributed by atoms with Crippen molar-refractivity contribution in [2.24, 2.45) is 0 Å². The zero-order valence-corrected chi connectivity index (χ0v) is 12.9. The van der Waals surface area contributed by atoms with Crippen LogP contribution >= 0.6 is 11.6 Å². The monoisotopic (exact) mass is 288 g/mol. The maximum atomic E-state index is 14.2. The first-order valence-electron chi connectivity index (χ1n) is 5.78. The summed E-state index contributed by atoms with van der Waals surface area (Å²) in [5.41, 5.74) is 0.423. The first-order chi connectivity index (χ1) is 8.31. The number of hydrogen-bond acceptors (Lipinski definition) is 2. The summed E-state index contributed by atoms with van der Waals surface area (Å²) in [7, 11) is -0.487. The Bertz CT molecular complexity index is 455. The van der Waals surface area contributed by atoms with E-state index in [1.807, 2.05) is 19.6 Å². The molecule has 0 saturated heterocycles. The molecule has 0 radical (unpaired) electrons. The van der Waals surface area contributed by atoms with E-state index in [9.17, 15) is 9.18 Å². The van der Waals surface area contributed by atoms with Gasteiger partial charge >= 0.3 is 0 Å². The lowest BCUT2D eigenvalue weighted by molar-refractivity contribution is 0.0989. The van der Waals surface area contributed by atoms with Crippen molar-refractivity contribution in [1.82, 2.24) is 0 Å². The van der Waals surface area contributed by atoms with Gasteiger partial charge in [-0.2, -0.15) is 0 Å². The number of carbonyl (C=O) groups is 1. The van der Waals surface area contributed by atoms with E-state index in [0.717, 1.165) is 0 Å². The third kappa shape index (κ3) is 3.33. The topological polar surface area (TPSA) is 26.3 Å². The van der Waals surface area contributed by atoms with E-state index in [4.69, 9.17) is 16.3 Å². The van der Waals surface area contributed by atoms with Crippen LogP contribution in [0, 0.1) is 5.82 Å². The molecule has 0 N–H and O–H groups in total. The molecule has 0 aliphatic heterocycles. The summed E-state index contributed by atoms with van der Waals surface area (Å²) in [5, 5.41) is 0.554. The van der Waals surface area contributed by atoms with Crippen LogP contribution in [-0.2, 0) is 0 Å². The molecule has 0 aliphatic carbocycles. The minimum absolute atomic E-state index is 0.125. The number of ether oxygens (including phenoxy) is 1. The Hall–Kier alpha value is -0.873. The average molecular weight is 289 g/mol. The van der Waals surface area contributed by atoms with Crippen molar-refractivity contribution < 1.29 is 13.9 Å². The molecule has 0 aliphatic rings. The van der Waals surface area contributed by atoms with E-state index in [1.165, 1.54) is 13.2 Å². The Kier molecular flexibility index (Phi) is 4.93. The fourth-order valence-electron chi connectivity index (χ4n) is 1.90. The second-order valence-corrected chi connectivity index (χ2v) is 10.5. The van der Waals surface area contributed by atoms with Crippen LogP contribution < -0.4 is 9.92 Å². The number of Topliss-reactive ketones (excluding diaryl/α,β-unsaturated/α-hetero) is 1. The lowest BCUT2D eigenvalue weighted by Gasteiger charge is -2.22. The highest BCUT2D eigenvalue weighted by atomic mass is 35.5. The smallest absolute Gasteiger partial charge is 0.164 e. The van der Waals surface area contributed by atoms with Crippen molar-refractivity contribution in [3.63, 3.8) is 0 Å². The summed E-state index contributed by atoms with van der Waals surface area (Å²) in [5.74, 6) is 0.127. The molecular weight excluding hydrogens is 271 g/mol. The van der Waals surface area contributed by atoms with E-state index in [1.54, 1.807) is 6.07 Å². The fourth-order valence-corrected chi connectivity index (χ4v) is 3.88. The van der Waals surface area contributed by atoms with Gasteiger partial charge in [-0.25, -0.2) is 4.39 Å². The predicted octanol–water partition coefficient (Wildman–Crippen LogP) is 3.19. The molecule has 18 heavy (non-hydrogen) atoms. The van der Waals surface area contributed by atoms with Crippen LogP contribution in [-0.4, -0.2) is 26.8 Å². The first kappa shape index (κ1) is 15.2. The van der Waals surface area contributed by atoms with Gasteiger partial charge in [0, 0.05) is 23.9 Å². The van der Waals surface area contributed by atoms with Gasteiger partial charge in [-0.3, -0.25) is 4.79 Å². The van der Waals surface area contributed by atoms with Gasteiger partial charge in [-0.15, -0.1) is 11.6 Å². The molecule has 0 heterocycles. The Morgan fingerprint density at radius 3 is 2.44 bits per heavy atom. The normalized spacial score (nSPS) is 11.4. The Labute approximate surface area is 113 Å². The zero-order valence-electron chi connectivity index (χ0n) is 11.1. The zero-order chi connectivity index (χ0) is 13.9. The number of alkyl halides is 1. The molecule has 0 aromatic heterocycles. The van der Waals surface area contributed by atoms with Crippen molar-refractivity contribution in [3.8, 4) is 5.75 Å². The summed E-state index contributed by atoms with van der Waals surface area (Å²) in [6, 6.07) is 2.95. The molecule has 1 rings (SSSR count). The van der Waals surface area contributed by atoms with Gasteiger partial charge in [0.25, 0.3) is 0 Å². The number of methoxy groups -OCH3 is 1. The Morgan fingerprint density at radius 1 is 1.39 bits per heavy atom. The van der Waals surface area contributed by atoms with Crippen molar-refractivity contribution >= 4 is 30.6 Å². The van der Waals surface area contributed by atoms with Crippen LogP contribution in [0.3, 0.4) is 0 Å². The predicted molar refractivity (Wildman–Crippen MR) is 75.6 cm³/mol. The van der Waals surface area contributed by atoms with Gasteiger partial charge in [0.05, 0.1) is 15.2 Å². The van der Waals surface area contributed by atoms with E-state index < -0.39 is 8.07 Å². The molecule has 1 aromatic rings. The largest absolute Gasteiger partial charge is 0.497 e. The van der Waals surface area contributed by atoms with Crippen molar-refractivity contribution in [3.05, 3.63) is 23.5 Å². The van der Waals surface area contributed by atoms with Crippen LogP contribution in [0.15, 0.2) is 12.1 Å². The molecule has 1 aromatic carbocycles. The molecule has 0 saturated carbocycles. The molecule has 0 atom stereocenters. The number of ketones is 1. The van der Waals surface area contributed by atoms with Crippen molar-refractivity contribution in [2.75, 3.05) is 13.0 Å². The SMILES string of the molecule is COc1cc(F)c([Si](C)(C)C)c(C(=O)CCCl)c1. The van der Waals surface area contributed by atoms with Crippen LogP contribution in [0.4, 0.5) is 4.39 Å². The van der Waals surface area contributed by atoms with Gasteiger partial charge < -0.3 is 4.74 Å². The number of benzene rings is 1. The summed E-state index contributed by atoms with van der Waals surface area (Å²) in [4.78, 5) is 12.0. The maximum Gasteiger partial charge on any atom is 0.164 e. The van der Waals surface area contributed by atoms with Crippen LogP contribution in [0.1, 0.15) is 16.8 Å². The van der Waals surface area contributed by atoms with E-state index in [2.05, 4.69) is 0 Å². The van der Waals surface area contributed by atoms with Gasteiger partial charge in [-0.05, 0) is 11.3 Å². The molecule has 100 valence electrons. The van der Waals surface area contributed by atoms with E-state index in [0.29, 0.717) is 16.5 Å². The second kappa shape index (κ2) is 5.84. The molecule has 0 fully saturated rings. The van der Waals surface area contributed by atoms with Gasteiger partial charge in [0.2, 0.25) is 0 Å². The van der Waals surface area contributed by atoms with Gasteiger partial charge in [-0.1, -0.05) is 19.6 Å². The fraction of sp³-hybridized carbons (Fsp3) is 0.462. The van der Waals surface area contributed by atoms with Crippen LogP contribution in [0.5, 0.6) is 5.75 Å². The molecule has 5 heteroatoms. The van der Waals surface area contributed by atoms with E-state index in [-0.39, 0.29) is 23.9 Å². The Balaban J connectivity index is 3.43. The maximum absolute atomic E-state index is 14.2. The first-order valence-corrected chi connectivity index (χ1v) is 9.82. The summed E-state index contributed by atoms with van der Waals surface area (Å²) in [6.07, 6.45) is 0.214. The van der Waals surface area contributed by atoms with Crippen molar-refractivity contribution in [2.45, 2.75) is 26.1 Å². The number of rotatable bonds is 5. The van der Waals surface area contributed by atoms with Gasteiger partial charge in [0.1, 0.15) is 11.6 Å². The van der Waals surface area contributed by atoms with Crippen LogP contribution in [0.2, 0.25) is 19.6 Å². The third-order valence-electron chi connectivity index (χ3n) is 2.67. The minimum Gasteiger partial charge on any atom is -0.497 e. The average Bonchev–Trinajstić information content (AvgIpc) is 2.26. The quantitative estimate of drug-likeness (QED) is 0.472. The highest BCUT2D eigenvalue weighted by Gasteiger charge is 2.27.